The monoisotopic (exact) mass is 290 g/mol. The fourth-order valence-corrected chi connectivity index (χ4v) is 2.20. The predicted octanol–water partition coefficient (Wildman–Crippen LogP) is 1.65. The van der Waals surface area contributed by atoms with Gasteiger partial charge in [-0.3, -0.25) is 0 Å². The summed E-state index contributed by atoms with van der Waals surface area (Å²) in [7, 11) is 1.25. The molecule has 2 rings (SSSR count). The van der Waals surface area contributed by atoms with Gasteiger partial charge in [0, 0.05) is 11.9 Å². The summed E-state index contributed by atoms with van der Waals surface area (Å²) in [6.07, 6.45) is 1.65. The lowest BCUT2D eigenvalue weighted by Crippen LogP contribution is -2.37. The SMILES string of the molecule is COC(=O)[C@@H](c1ccc[nH]1)N(O)[C@@H](CO)c1ccccc1. The number of aliphatic hydroxyl groups excluding tert-OH is 1. The number of carbonyl (C=O) groups excluding carboxylic acids is 1. The van der Waals surface area contributed by atoms with Gasteiger partial charge in [0.1, 0.15) is 0 Å². The second kappa shape index (κ2) is 7.03. The van der Waals surface area contributed by atoms with Gasteiger partial charge in [0.15, 0.2) is 6.04 Å². The zero-order chi connectivity index (χ0) is 15.2. The van der Waals surface area contributed by atoms with E-state index in [0.717, 1.165) is 5.06 Å². The molecule has 0 bridgehead atoms. The highest BCUT2D eigenvalue weighted by Crippen LogP contribution is 2.28. The Labute approximate surface area is 122 Å². The quantitative estimate of drug-likeness (QED) is 0.556. The molecule has 112 valence electrons. The van der Waals surface area contributed by atoms with Gasteiger partial charge in [-0.05, 0) is 17.7 Å². The highest BCUT2D eigenvalue weighted by molar-refractivity contribution is 5.76. The number of aliphatic hydroxyl groups is 1. The number of nitrogens with one attached hydrogen (secondary N) is 1. The summed E-state index contributed by atoms with van der Waals surface area (Å²) in [5.74, 6) is -0.616. The molecule has 1 aromatic heterocycles. The van der Waals surface area contributed by atoms with Crippen LogP contribution in [0.1, 0.15) is 23.3 Å². The number of rotatable bonds is 6. The van der Waals surface area contributed by atoms with Gasteiger partial charge in [-0.25, -0.2) is 4.79 Å². The van der Waals surface area contributed by atoms with Crippen LogP contribution in [0.5, 0.6) is 0 Å². The zero-order valence-electron chi connectivity index (χ0n) is 11.6. The van der Waals surface area contributed by atoms with Gasteiger partial charge in [-0.2, -0.15) is 5.06 Å². The van der Waals surface area contributed by atoms with E-state index in [4.69, 9.17) is 4.74 Å². The molecular weight excluding hydrogens is 272 g/mol. The number of hydrogen-bond donors (Lipinski definition) is 3. The summed E-state index contributed by atoms with van der Waals surface area (Å²) in [5.41, 5.74) is 1.18. The fourth-order valence-electron chi connectivity index (χ4n) is 2.20. The number of methoxy groups -OCH3 is 1. The standard InChI is InChI=1S/C15H18N2O4/c1-21-15(19)14(12-8-5-9-16-12)17(20)13(10-18)11-6-3-2-4-7-11/h2-9,13-14,16,18,20H,10H2,1H3/t13-,14+/m0/s1. The molecule has 0 saturated heterocycles. The third kappa shape index (κ3) is 3.30. The Hall–Kier alpha value is -2.15. The largest absolute Gasteiger partial charge is 0.467 e. The van der Waals surface area contributed by atoms with E-state index < -0.39 is 18.1 Å². The Balaban J connectivity index is 2.32. The molecule has 0 amide bonds. The minimum atomic E-state index is -1.04. The van der Waals surface area contributed by atoms with Gasteiger partial charge >= 0.3 is 5.97 Å². The van der Waals surface area contributed by atoms with Crippen LogP contribution in [-0.4, -0.2) is 40.0 Å². The first-order valence-electron chi connectivity index (χ1n) is 6.53. The number of hydroxylamine groups is 2. The van der Waals surface area contributed by atoms with Gasteiger partial charge in [0.25, 0.3) is 0 Å². The van der Waals surface area contributed by atoms with Crippen LogP contribution in [0.25, 0.3) is 0 Å². The Morgan fingerprint density at radius 1 is 1.29 bits per heavy atom. The Bertz CT molecular complexity index is 556. The maximum atomic E-state index is 12.0. The van der Waals surface area contributed by atoms with Crippen LogP contribution in [0.4, 0.5) is 0 Å². The van der Waals surface area contributed by atoms with E-state index in [0.29, 0.717) is 11.3 Å². The van der Waals surface area contributed by atoms with Crippen LogP contribution >= 0.6 is 0 Å². The zero-order valence-corrected chi connectivity index (χ0v) is 11.6. The lowest BCUT2D eigenvalue weighted by Gasteiger charge is -2.30. The average molecular weight is 290 g/mol. The molecule has 0 saturated carbocycles. The molecule has 0 fully saturated rings. The Morgan fingerprint density at radius 2 is 2.00 bits per heavy atom. The number of ether oxygens (including phenoxy) is 1. The van der Waals surface area contributed by atoms with Crippen molar-refractivity contribution in [2.24, 2.45) is 0 Å². The molecule has 6 heteroatoms. The summed E-state index contributed by atoms with van der Waals surface area (Å²) in [6, 6.07) is 10.6. The number of carbonyl (C=O) groups is 1. The average Bonchev–Trinajstić information content (AvgIpc) is 3.03. The lowest BCUT2D eigenvalue weighted by molar-refractivity contribution is -0.194. The fraction of sp³-hybridized carbons (Fsp3) is 0.267. The Kier molecular flexibility index (Phi) is 5.10. The summed E-state index contributed by atoms with van der Waals surface area (Å²) in [5, 5.41) is 20.8. The van der Waals surface area contributed by atoms with Crippen LogP contribution in [0.15, 0.2) is 48.7 Å². The van der Waals surface area contributed by atoms with E-state index in [-0.39, 0.29) is 6.61 Å². The van der Waals surface area contributed by atoms with Crippen molar-refractivity contribution >= 4 is 5.97 Å². The van der Waals surface area contributed by atoms with E-state index in [1.807, 2.05) is 6.07 Å². The van der Waals surface area contributed by atoms with E-state index in [1.165, 1.54) is 7.11 Å². The highest BCUT2D eigenvalue weighted by atomic mass is 16.5. The minimum absolute atomic E-state index is 0.339. The Morgan fingerprint density at radius 3 is 2.52 bits per heavy atom. The van der Waals surface area contributed by atoms with Crippen molar-refractivity contribution in [3.8, 4) is 0 Å². The number of nitrogens with zero attached hydrogens (tertiary/aromatic N) is 1. The van der Waals surface area contributed by atoms with Crippen LogP contribution < -0.4 is 0 Å². The van der Waals surface area contributed by atoms with E-state index in [2.05, 4.69) is 4.98 Å². The van der Waals surface area contributed by atoms with Gasteiger partial charge in [0.05, 0.1) is 19.8 Å². The maximum absolute atomic E-state index is 12.0. The van der Waals surface area contributed by atoms with Crippen molar-refractivity contribution in [2.45, 2.75) is 12.1 Å². The number of esters is 1. The molecule has 3 N–H and O–H groups in total. The van der Waals surface area contributed by atoms with Crippen LogP contribution in [-0.2, 0) is 9.53 Å². The van der Waals surface area contributed by atoms with E-state index in [1.54, 1.807) is 42.6 Å². The number of hydrogen-bond acceptors (Lipinski definition) is 5. The molecule has 0 aliphatic carbocycles. The summed E-state index contributed by atoms with van der Waals surface area (Å²) < 4.78 is 4.75. The van der Waals surface area contributed by atoms with E-state index in [9.17, 15) is 15.1 Å². The molecule has 0 unspecified atom stereocenters. The predicted molar refractivity (Wildman–Crippen MR) is 75.4 cm³/mol. The molecule has 0 spiro atoms. The second-order valence-electron chi connectivity index (χ2n) is 4.54. The summed E-state index contributed by atoms with van der Waals surface area (Å²) in [6.45, 7) is -0.339. The normalized spacial score (nSPS) is 13.9. The van der Waals surface area contributed by atoms with Crippen LogP contribution in [0.2, 0.25) is 0 Å². The molecule has 0 radical (unpaired) electrons. The molecule has 1 aromatic carbocycles. The van der Waals surface area contributed by atoms with Crippen molar-refractivity contribution < 1.29 is 19.8 Å². The second-order valence-corrected chi connectivity index (χ2v) is 4.54. The van der Waals surface area contributed by atoms with Crippen LogP contribution in [0, 0.1) is 0 Å². The number of aromatic amines is 1. The topological polar surface area (TPSA) is 85.8 Å². The van der Waals surface area contributed by atoms with Crippen molar-refractivity contribution in [2.75, 3.05) is 13.7 Å². The van der Waals surface area contributed by atoms with Crippen molar-refractivity contribution in [3.05, 3.63) is 59.9 Å². The third-order valence-corrected chi connectivity index (χ3v) is 3.28. The molecule has 6 nitrogen and oxygen atoms in total. The third-order valence-electron chi connectivity index (χ3n) is 3.28. The van der Waals surface area contributed by atoms with Crippen molar-refractivity contribution in [1.82, 2.24) is 10.0 Å². The molecular formula is C15H18N2O4. The first-order chi connectivity index (χ1) is 10.2. The highest BCUT2D eigenvalue weighted by Gasteiger charge is 2.34. The minimum Gasteiger partial charge on any atom is -0.467 e. The molecule has 2 aromatic rings. The smallest absolute Gasteiger partial charge is 0.331 e. The first-order valence-corrected chi connectivity index (χ1v) is 6.53. The van der Waals surface area contributed by atoms with Crippen molar-refractivity contribution in [3.63, 3.8) is 0 Å². The van der Waals surface area contributed by atoms with E-state index >= 15 is 0 Å². The van der Waals surface area contributed by atoms with Crippen LogP contribution in [0.3, 0.4) is 0 Å². The number of H-pyrrole nitrogens is 1. The molecule has 1 heterocycles. The van der Waals surface area contributed by atoms with Gasteiger partial charge in [0.2, 0.25) is 0 Å². The van der Waals surface area contributed by atoms with Gasteiger partial charge < -0.3 is 20.0 Å². The first kappa shape index (κ1) is 15.2. The molecule has 2 atom stereocenters. The number of aromatic nitrogens is 1. The van der Waals surface area contributed by atoms with Gasteiger partial charge in [-0.15, -0.1) is 0 Å². The molecule has 21 heavy (non-hydrogen) atoms. The molecule has 0 aliphatic heterocycles. The number of benzene rings is 1. The van der Waals surface area contributed by atoms with Gasteiger partial charge in [-0.1, -0.05) is 30.3 Å². The molecule has 0 aliphatic rings. The lowest BCUT2D eigenvalue weighted by atomic mass is 10.0. The maximum Gasteiger partial charge on any atom is 0.331 e. The summed E-state index contributed by atoms with van der Waals surface area (Å²) >= 11 is 0. The summed E-state index contributed by atoms with van der Waals surface area (Å²) in [4.78, 5) is 14.9. The van der Waals surface area contributed by atoms with Crippen molar-refractivity contribution in [1.29, 1.82) is 0 Å².